The van der Waals surface area contributed by atoms with Crippen LogP contribution in [0.4, 0.5) is 17.1 Å². The second-order valence-corrected chi connectivity index (χ2v) is 11.8. The molecule has 0 unspecified atom stereocenters. The third kappa shape index (κ3) is 3.67. The molecule has 4 nitrogen and oxygen atoms in total. The molecule has 0 fully saturated rings. The van der Waals surface area contributed by atoms with Gasteiger partial charge in [-0.15, -0.1) is 0 Å². The van der Waals surface area contributed by atoms with Crippen molar-refractivity contribution >= 4 is 38.9 Å². The number of benzene rings is 7. The Hall–Kier alpha value is -6.26. The predicted octanol–water partition coefficient (Wildman–Crippen LogP) is 11.8. The van der Waals surface area contributed by atoms with Gasteiger partial charge < -0.3 is 14.0 Å². The van der Waals surface area contributed by atoms with Crippen LogP contribution < -0.4 is 14.4 Å². The monoisotopic (exact) mass is 590 g/mol. The number of para-hydroxylation sites is 3. The third-order valence-electron chi connectivity index (χ3n) is 9.17. The highest BCUT2D eigenvalue weighted by Crippen LogP contribution is 2.60. The summed E-state index contributed by atoms with van der Waals surface area (Å²) in [6.07, 6.45) is 0. The van der Waals surface area contributed by atoms with Gasteiger partial charge in [0.1, 0.15) is 5.69 Å². The molecule has 0 atom stereocenters. The van der Waals surface area contributed by atoms with Crippen molar-refractivity contribution in [2.24, 2.45) is 0 Å². The fourth-order valence-corrected chi connectivity index (χ4v) is 7.05. The summed E-state index contributed by atoms with van der Waals surface area (Å²) in [7, 11) is 0. The molecule has 0 saturated carbocycles. The van der Waals surface area contributed by atoms with E-state index in [9.17, 15) is 0 Å². The van der Waals surface area contributed by atoms with E-state index in [-0.39, 0.29) is 0 Å². The van der Waals surface area contributed by atoms with Gasteiger partial charge in [0.2, 0.25) is 0 Å². The lowest BCUT2D eigenvalue weighted by Crippen LogP contribution is -2.20. The van der Waals surface area contributed by atoms with Crippen molar-refractivity contribution in [2.75, 3.05) is 4.90 Å². The molecule has 10 rings (SSSR count). The molecule has 8 aromatic rings. The zero-order valence-electron chi connectivity index (χ0n) is 24.7. The highest BCUT2D eigenvalue weighted by atomic mass is 16.5. The Morgan fingerprint density at radius 1 is 0.370 bits per heavy atom. The number of fused-ring (bicyclic) bond motifs is 7. The first kappa shape index (κ1) is 25.1. The number of rotatable bonds is 3. The van der Waals surface area contributed by atoms with Crippen molar-refractivity contribution in [1.82, 2.24) is 4.57 Å². The molecule has 1 aromatic heterocycles. The van der Waals surface area contributed by atoms with Gasteiger partial charge in [-0.1, -0.05) is 97.1 Å². The molecular formula is C42H26N2O2. The van der Waals surface area contributed by atoms with Crippen LogP contribution in [0.15, 0.2) is 158 Å². The van der Waals surface area contributed by atoms with Crippen molar-refractivity contribution < 1.29 is 9.47 Å². The summed E-state index contributed by atoms with van der Waals surface area (Å²) in [5.74, 6) is 3.20. The molecule has 0 spiro atoms. The molecule has 216 valence electrons. The Morgan fingerprint density at radius 2 is 0.870 bits per heavy atom. The van der Waals surface area contributed by atoms with Crippen molar-refractivity contribution in [3.63, 3.8) is 0 Å². The van der Waals surface area contributed by atoms with Gasteiger partial charge in [-0.05, 0) is 82.9 Å². The third-order valence-corrected chi connectivity index (χ3v) is 9.17. The number of anilines is 3. The van der Waals surface area contributed by atoms with Crippen LogP contribution in [0.2, 0.25) is 0 Å². The highest BCUT2D eigenvalue weighted by Gasteiger charge is 2.34. The molecule has 0 radical (unpaired) electrons. The first-order valence-electron chi connectivity index (χ1n) is 15.5. The zero-order valence-corrected chi connectivity index (χ0v) is 24.7. The maximum absolute atomic E-state index is 6.55. The molecule has 2 aliphatic heterocycles. The van der Waals surface area contributed by atoms with E-state index < -0.39 is 0 Å². The fraction of sp³-hybridized carbons (Fsp3) is 0. The molecule has 0 N–H and O–H groups in total. The van der Waals surface area contributed by atoms with Crippen molar-refractivity contribution in [3.05, 3.63) is 158 Å². The number of hydrogen-bond acceptors (Lipinski definition) is 3. The van der Waals surface area contributed by atoms with Crippen LogP contribution in [-0.2, 0) is 0 Å². The topological polar surface area (TPSA) is 26.6 Å². The average Bonchev–Trinajstić information content (AvgIpc) is 3.46. The van der Waals surface area contributed by atoms with E-state index in [4.69, 9.17) is 9.47 Å². The summed E-state index contributed by atoms with van der Waals surface area (Å²) < 4.78 is 15.4. The Morgan fingerprint density at radius 3 is 1.46 bits per heavy atom. The molecule has 0 bridgehead atoms. The van der Waals surface area contributed by atoms with Gasteiger partial charge in [-0.2, -0.15) is 0 Å². The lowest BCUT2D eigenvalue weighted by Gasteiger charge is -2.38. The molecule has 46 heavy (non-hydrogen) atoms. The minimum absolute atomic E-state index is 0.779. The molecule has 0 saturated heterocycles. The Kier molecular flexibility index (Phi) is 5.25. The summed E-state index contributed by atoms with van der Waals surface area (Å²) in [5, 5.41) is 2.52. The predicted molar refractivity (Wildman–Crippen MR) is 186 cm³/mol. The molecule has 2 aliphatic rings. The number of ether oxygens (including phenoxy) is 2. The highest BCUT2D eigenvalue weighted by molar-refractivity contribution is 6.09. The summed E-state index contributed by atoms with van der Waals surface area (Å²) in [4.78, 5) is 2.27. The van der Waals surface area contributed by atoms with E-state index in [1.807, 2.05) is 24.3 Å². The largest absolute Gasteiger partial charge is 0.453 e. The van der Waals surface area contributed by atoms with Gasteiger partial charge >= 0.3 is 0 Å². The van der Waals surface area contributed by atoms with Crippen LogP contribution in [0.3, 0.4) is 0 Å². The van der Waals surface area contributed by atoms with Gasteiger partial charge in [-0.25, -0.2) is 0 Å². The van der Waals surface area contributed by atoms with E-state index in [1.54, 1.807) is 0 Å². The lowest BCUT2D eigenvalue weighted by molar-refractivity contribution is 0.446. The average molecular weight is 591 g/mol. The van der Waals surface area contributed by atoms with Crippen molar-refractivity contribution in [3.8, 4) is 50.9 Å². The van der Waals surface area contributed by atoms with Crippen LogP contribution >= 0.6 is 0 Å². The zero-order chi connectivity index (χ0) is 30.2. The Balaban J connectivity index is 1.05. The Labute approximate surface area is 265 Å². The summed E-state index contributed by atoms with van der Waals surface area (Å²) in [5.41, 5.74) is 11.0. The van der Waals surface area contributed by atoms with Crippen molar-refractivity contribution in [1.29, 1.82) is 0 Å². The van der Waals surface area contributed by atoms with Crippen LogP contribution in [0, 0.1) is 0 Å². The summed E-state index contributed by atoms with van der Waals surface area (Å²) >= 11 is 0. The van der Waals surface area contributed by atoms with Crippen LogP contribution in [0.25, 0.3) is 49.7 Å². The molecule has 4 heteroatoms. The maximum atomic E-state index is 6.55. The second-order valence-electron chi connectivity index (χ2n) is 11.8. The molecule has 3 heterocycles. The van der Waals surface area contributed by atoms with Crippen LogP contribution in [0.1, 0.15) is 0 Å². The summed E-state index contributed by atoms with van der Waals surface area (Å²) in [6, 6.07) is 55.4. The van der Waals surface area contributed by atoms with Crippen molar-refractivity contribution in [2.45, 2.75) is 0 Å². The van der Waals surface area contributed by atoms with E-state index in [0.717, 1.165) is 68.0 Å². The molecule has 0 aliphatic carbocycles. The fourth-order valence-electron chi connectivity index (χ4n) is 7.05. The first-order valence-corrected chi connectivity index (χ1v) is 15.5. The van der Waals surface area contributed by atoms with Gasteiger partial charge in [0.25, 0.3) is 0 Å². The number of nitrogens with zero attached hydrogens (tertiary/aromatic N) is 2. The Bertz CT molecular complexity index is 2420. The van der Waals surface area contributed by atoms with Gasteiger partial charge in [0.05, 0.1) is 22.4 Å². The quantitative estimate of drug-likeness (QED) is 0.205. The minimum atomic E-state index is 0.779. The normalized spacial score (nSPS) is 12.7. The lowest BCUT2D eigenvalue weighted by atomic mass is 10.0. The minimum Gasteiger partial charge on any atom is -0.453 e. The van der Waals surface area contributed by atoms with Gasteiger partial charge in [-0.3, -0.25) is 4.90 Å². The summed E-state index contributed by atoms with van der Waals surface area (Å²) in [6.45, 7) is 0. The molecular weight excluding hydrogens is 564 g/mol. The van der Waals surface area contributed by atoms with Gasteiger partial charge in [0.15, 0.2) is 23.0 Å². The smallest absolute Gasteiger partial charge is 0.155 e. The van der Waals surface area contributed by atoms with E-state index in [2.05, 4.69) is 143 Å². The number of aromatic nitrogens is 1. The van der Waals surface area contributed by atoms with E-state index in [1.165, 1.54) is 21.8 Å². The number of hydrogen-bond donors (Lipinski definition) is 0. The second kappa shape index (κ2) is 9.62. The first-order chi connectivity index (χ1) is 22.8. The van der Waals surface area contributed by atoms with Crippen LogP contribution in [-0.4, -0.2) is 4.57 Å². The molecule has 7 aromatic carbocycles. The van der Waals surface area contributed by atoms with E-state index >= 15 is 0 Å². The van der Waals surface area contributed by atoms with E-state index in [0.29, 0.717) is 0 Å². The van der Waals surface area contributed by atoms with Gasteiger partial charge in [0, 0.05) is 16.5 Å². The SMILES string of the molecule is c1ccc(-c2ccc3c(c2)Oc2cccc4c2N3c2ccc(-c3ccc(-n5c6ccccc6c6ccccc65)cc3)cc2O4)cc1. The standard InChI is InChI=1S/C42H26N2O2/c1-2-9-27(10-3-1)29-19-23-36-40(25-29)45-38-15-8-16-39-42(38)44(36)37-24-20-30(26-41(37)46-39)28-17-21-31(22-18-28)43-34-13-6-4-11-32(34)33-12-5-7-14-35(33)43/h1-26H. The maximum Gasteiger partial charge on any atom is 0.155 e. The van der Waals surface area contributed by atoms with Crippen LogP contribution in [0.5, 0.6) is 23.0 Å². The molecule has 0 amide bonds.